The van der Waals surface area contributed by atoms with E-state index in [-0.39, 0.29) is 23.7 Å². The Balaban J connectivity index is 1.63. The van der Waals surface area contributed by atoms with Gasteiger partial charge in [-0.1, -0.05) is 12.1 Å². The highest BCUT2D eigenvalue weighted by Crippen LogP contribution is 2.25. The molecule has 0 aromatic heterocycles. The highest BCUT2D eigenvalue weighted by molar-refractivity contribution is 6.00. The Labute approximate surface area is 142 Å². The molecule has 24 heavy (non-hydrogen) atoms. The van der Waals surface area contributed by atoms with E-state index in [9.17, 15) is 9.59 Å². The van der Waals surface area contributed by atoms with Crippen LogP contribution in [0.15, 0.2) is 24.3 Å². The van der Waals surface area contributed by atoms with E-state index in [0.717, 1.165) is 51.9 Å². The molecule has 0 aliphatic carbocycles. The van der Waals surface area contributed by atoms with Crippen molar-refractivity contribution in [2.75, 3.05) is 36.8 Å². The molecule has 2 saturated heterocycles. The third kappa shape index (κ3) is 4.33. The van der Waals surface area contributed by atoms with Crippen LogP contribution in [0.2, 0.25) is 0 Å². The van der Waals surface area contributed by atoms with E-state index >= 15 is 0 Å². The van der Waals surface area contributed by atoms with Gasteiger partial charge in [0.05, 0.1) is 11.4 Å². The summed E-state index contributed by atoms with van der Waals surface area (Å²) in [4.78, 5) is 24.9. The molecule has 3 rings (SSSR count). The fraction of sp³-hybridized carbons (Fsp3) is 0.556. The van der Waals surface area contributed by atoms with Crippen molar-refractivity contribution in [3.63, 3.8) is 0 Å². The number of nitrogens with one attached hydrogen (secondary N) is 4. The van der Waals surface area contributed by atoms with E-state index in [4.69, 9.17) is 0 Å². The van der Waals surface area contributed by atoms with E-state index < -0.39 is 0 Å². The zero-order valence-corrected chi connectivity index (χ0v) is 13.9. The molecule has 1 aromatic rings. The lowest BCUT2D eigenvalue weighted by molar-refractivity contribution is -0.121. The van der Waals surface area contributed by atoms with Crippen molar-refractivity contribution in [1.82, 2.24) is 10.6 Å². The number of benzene rings is 1. The Bertz CT molecular complexity index is 527. The molecule has 0 saturated carbocycles. The van der Waals surface area contributed by atoms with Gasteiger partial charge in [-0.15, -0.1) is 0 Å². The molecule has 6 heteroatoms. The highest BCUT2D eigenvalue weighted by Gasteiger charge is 2.23. The zero-order valence-electron chi connectivity index (χ0n) is 13.9. The minimum absolute atomic E-state index is 0.0411. The molecule has 0 spiro atoms. The summed E-state index contributed by atoms with van der Waals surface area (Å²) in [5.74, 6) is 0.166. The maximum absolute atomic E-state index is 12.4. The number of para-hydroxylation sites is 2. The van der Waals surface area contributed by atoms with Crippen LogP contribution in [0.25, 0.3) is 0 Å². The van der Waals surface area contributed by atoms with Gasteiger partial charge in [-0.2, -0.15) is 0 Å². The second-order valence-corrected chi connectivity index (χ2v) is 6.57. The van der Waals surface area contributed by atoms with E-state index in [1.165, 1.54) is 0 Å². The summed E-state index contributed by atoms with van der Waals surface area (Å²) in [5.41, 5.74) is 1.37. The van der Waals surface area contributed by atoms with Gasteiger partial charge >= 0.3 is 0 Å². The van der Waals surface area contributed by atoms with Crippen molar-refractivity contribution < 1.29 is 9.59 Å². The van der Waals surface area contributed by atoms with Gasteiger partial charge in [0.15, 0.2) is 0 Å². The lowest BCUT2D eigenvalue weighted by atomic mass is 9.96. The molecule has 0 radical (unpaired) electrons. The molecule has 1 aromatic carbocycles. The number of carbonyl (C=O) groups excluding carboxylic acids is 2. The van der Waals surface area contributed by atoms with Gasteiger partial charge in [-0.25, -0.2) is 0 Å². The summed E-state index contributed by atoms with van der Waals surface area (Å²) in [7, 11) is 0. The zero-order chi connectivity index (χ0) is 16.8. The fourth-order valence-electron chi connectivity index (χ4n) is 3.34. The summed E-state index contributed by atoms with van der Waals surface area (Å²) < 4.78 is 0. The van der Waals surface area contributed by atoms with Crippen molar-refractivity contribution in [1.29, 1.82) is 0 Å². The Kier molecular flexibility index (Phi) is 5.82. The number of rotatable bonds is 4. The molecule has 0 atom stereocenters. The van der Waals surface area contributed by atoms with E-state index in [1.807, 2.05) is 24.3 Å². The van der Waals surface area contributed by atoms with E-state index in [1.54, 1.807) is 0 Å². The number of carbonyl (C=O) groups is 2. The van der Waals surface area contributed by atoms with Gasteiger partial charge in [0, 0.05) is 11.8 Å². The van der Waals surface area contributed by atoms with E-state index in [0.29, 0.717) is 11.4 Å². The van der Waals surface area contributed by atoms with Gasteiger partial charge in [-0.05, 0) is 64.0 Å². The fourth-order valence-corrected chi connectivity index (χ4v) is 3.34. The third-order valence-corrected chi connectivity index (χ3v) is 4.86. The lowest BCUT2D eigenvalue weighted by Crippen LogP contribution is -2.35. The Morgan fingerprint density at radius 2 is 1.12 bits per heavy atom. The summed E-state index contributed by atoms with van der Waals surface area (Å²) in [6, 6.07) is 7.43. The van der Waals surface area contributed by atoms with Gasteiger partial charge in [0.2, 0.25) is 11.8 Å². The van der Waals surface area contributed by atoms with Crippen molar-refractivity contribution in [2.45, 2.75) is 25.7 Å². The van der Waals surface area contributed by atoms with Crippen LogP contribution in [0.3, 0.4) is 0 Å². The molecule has 2 aliphatic heterocycles. The van der Waals surface area contributed by atoms with Crippen molar-refractivity contribution >= 4 is 23.2 Å². The molecule has 2 heterocycles. The molecule has 130 valence electrons. The first kappa shape index (κ1) is 16.9. The maximum Gasteiger partial charge on any atom is 0.227 e. The maximum atomic E-state index is 12.4. The third-order valence-electron chi connectivity index (χ3n) is 4.86. The number of hydrogen-bond donors (Lipinski definition) is 4. The predicted octanol–water partition coefficient (Wildman–Crippen LogP) is 1.56. The summed E-state index contributed by atoms with van der Waals surface area (Å²) in [6.07, 6.45) is 3.43. The van der Waals surface area contributed by atoms with Gasteiger partial charge in [0.1, 0.15) is 0 Å². The van der Waals surface area contributed by atoms with Crippen LogP contribution < -0.4 is 21.3 Å². The van der Waals surface area contributed by atoms with Crippen LogP contribution >= 0.6 is 0 Å². The van der Waals surface area contributed by atoms with Gasteiger partial charge < -0.3 is 21.3 Å². The standard InChI is InChI=1S/C18H26N4O2/c23-17(13-5-9-19-10-6-13)21-15-3-1-2-4-16(15)22-18(24)14-7-11-20-12-8-14/h1-4,13-14,19-20H,5-12H2,(H,21,23)(H,22,24). The summed E-state index contributed by atoms with van der Waals surface area (Å²) in [6.45, 7) is 3.52. The van der Waals surface area contributed by atoms with Crippen molar-refractivity contribution in [3.05, 3.63) is 24.3 Å². The first-order valence-corrected chi connectivity index (χ1v) is 8.86. The summed E-state index contributed by atoms with van der Waals surface area (Å²) in [5, 5.41) is 12.5. The molecule has 2 amide bonds. The van der Waals surface area contributed by atoms with Crippen molar-refractivity contribution in [2.24, 2.45) is 11.8 Å². The normalized spacial score (nSPS) is 19.7. The average Bonchev–Trinajstić information content (AvgIpc) is 2.64. The number of anilines is 2. The smallest absolute Gasteiger partial charge is 0.227 e. The number of piperidine rings is 2. The molecular formula is C18H26N4O2. The number of amides is 2. The van der Waals surface area contributed by atoms with Crippen LogP contribution in [0.4, 0.5) is 11.4 Å². The van der Waals surface area contributed by atoms with Crippen LogP contribution in [-0.2, 0) is 9.59 Å². The molecular weight excluding hydrogens is 304 g/mol. The molecule has 0 bridgehead atoms. The Morgan fingerprint density at radius 1 is 0.750 bits per heavy atom. The second-order valence-electron chi connectivity index (χ2n) is 6.57. The molecule has 6 nitrogen and oxygen atoms in total. The average molecular weight is 330 g/mol. The van der Waals surface area contributed by atoms with Crippen LogP contribution in [-0.4, -0.2) is 38.0 Å². The minimum Gasteiger partial charge on any atom is -0.324 e. The molecule has 4 N–H and O–H groups in total. The monoisotopic (exact) mass is 330 g/mol. The summed E-state index contributed by atoms with van der Waals surface area (Å²) >= 11 is 0. The number of hydrogen-bond acceptors (Lipinski definition) is 4. The first-order chi connectivity index (χ1) is 11.7. The minimum atomic E-state index is 0.0411. The predicted molar refractivity (Wildman–Crippen MR) is 94.9 cm³/mol. The quantitative estimate of drug-likeness (QED) is 0.675. The van der Waals surface area contributed by atoms with Gasteiger partial charge in [0.25, 0.3) is 0 Å². The van der Waals surface area contributed by atoms with Gasteiger partial charge in [-0.3, -0.25) is 9.59 Å². The van der Waals surface area contributed by atoms with Crippen molar-refractivity contribution in [3.8, 4) is 0 Å². The van der Waals surface area contributed by atoms with Crippen LogP contribution in [0.5, 0.6) is 0 Å². The topological polar surface area (TPSA) is 82.3 Å². The van der Waals surface area contributed by atoms with E-state index in [2.05, 4.69) is 21.3 Å². The molecule has 2 aliphatic rings. The second kappa shape index (κ2) is 8.26. The largest absolute Gasteiger partial charge is 0.324 e. The molecule has 0 unspecified atom stereocenters. The SMILES string of the molecule is O=C(Nc1ccccc1NC(=O)C1CCNCC1)C1CCNCC1. The van der Waals surface area contributed by atoms with Crippen LogP contribution in [0, 0.1) is 11.8 Å². The van der Waals surface area contributed by atoms with Crippen LogP contribution in [0.1, 0.15) is 25.7 Å². The molecule has 2 fully saturated rings. The lowest BCUT2D eigenvalue weighted by Gasteiger charge is -2.24. The first-order valence-electron chi connectivity index (χ1n) is 8.86. The highest BCUT2D eigenvalue weighted by atomic mass is 16.2. The Hall–Kier alpha value is -1.92. The Morgan fingerprint density at radius 3 is 1.50 bits per heavy atom.